The molecular weight excluding hydrogens is 302 g/mol. The van der Waals surface area contributed by atoms with Crippen molar-refractivity contribution < 1.29 is 17.9 Å². The molecule has 5 nitrogen and oxygen atoms in total. The zero-order valence-corrected chi connectivity index (χ0v) is 13.3. The zero-order chi connectivity index (χ0) is 15.3. The van der Waals surface area contributed by atoms with Crippen molar-refractivity contribution in [2.24, 2.45) is 0 Å². The minimum Gasteiger partial charge on any atom is -0.385 e. The summed E-state index contributed by atoms with van der Waals surface area (Å²) < 4.78 is 27.4. The van der Waals surface area contributed by atoms with E-state index < -0.39 is 9.05 Å². The van der Waals surface area contributed by atoms with E-state index in [1.165, 1.54) is 18.2 Å². The van der Waals surface area contributed by atoms with E-state index in [1.54, 1.807) is 26.0 Å². The third-order valence-electron chi connectivity index (χ3n) is 2.90. The lowest BCUT2D eigenvalue weighted by atomic mass is 10.1. The molecule has 0 aliphatic rings. The van der Waals surface area contributed by atoms with Crippen LogP contribution in [0.25, 0.3) is 0 Å². The first-order valence-corrected chi connectivity index (χ1v) is 8.38. The minimum atomic E-state index is -3.77. The smallest absolute Gasteiger partial charge is 0.261 e. The Morgan fingerprint density at radius 3 is 2.55 bits per heavy atom. The summed E-state index contributed by atoms with van der Waals surface area (Å²) in [5.41, 5.74) is 1.05. The van der Waals surface area contributed by atoms with Crippen molar-refractivity contribution in [3.05, 3.63) is 29.3 Å². The van der Waals surface area contributed by atoms with Gasteiger partial charge in [0.15, 0.2) is 0 Å². The number of hydrogen-bond acceptors (Lipinski definition) is 4. The van der Waals surface area contributed by atoms with E-state index in [1.807, 2.05) is 0 Å². The number of ether oxygens (including phenoxy) is 1. The molecule has 1 aromatic carbocycles. The first-order chi connectivity index (χ1) is 9.27. The molecule has 0 spiro atoms. The summed E-state index contributed by atoms with van der Waals surface area (Å²) >= 11 is 0. The van der Waals surface area contributed by atoms with E-state index in [4.69, 9.17) is 15.4 Å². The van der Waals surface area contributed by atoms with Crippen LogP contribution in [0.3, 0.4) is 0 Å². The standard InChI is InChI=1S/C13H18ClNO4S/c1-10-9-11(20(14,17)18)5-6-12(10)13(16)15(2)7-4-8-19-3/h5-6,9H,4,7-8H2,1-3H3. The number of methoxy groups -OCH3 is 1. The van der Waals surface area contributed by atoms with E-state index in [0.29, 0.717) is 24.3 Å². The van der Waals surface area contributed by atoms with Crippen LogP contribution < -0.4 is 0 Å². The monoisotopic (exact) mass is 319 g/mol. The lowest BCUT2D eigenvalue weighted by molar-refractivity contribution is 0.0778. The van der Waals surface area contributed by atoms with Crippen molar-refractivity contribution in [3.63, 3.8) is 0 Å². The van der Waals surface area contributed by atoms with Gasteiger partial charge in [0.2, 0.25) is 0 Å². The van der Waals surface area contributed by atoms with Gasteiger partial charge in [-0.3, -0.25) is 4.79 Å². The Morgan fingerprint density at radius 2 is 2.05 bits per heavy atom. The van der Waals surface area contributed by atoms with Gasteiger partial charge in [-0.1, -0.05) is 0 Å². The van der Waals surface area contributed by atoms with E-state index in [-0.39, 0.29) is 10.8 Å². The summed E-state index contributed by atoms with van der Waals surface area (Å²) in [6, 6.07) is 4.23. The zero-order valence-electron chi connectivity index (χ0n) is 11.7. The number of nitrogens with zero attached hydrogens (tertiary/aromatic N) is 1. The third-order valence-corrected chi connectivity index (χ3v) is 4.25. The van der Waals surface area contributed by atoms with Crippen LogP contribution in [0.1, 0.15) is 22.3 Å². The van der Waals surface area contributed by atoms with E-state index in [0.717, 1.165) is 6.42 Å². The predicted octanol–water partition coefficient (Wildman–Crippen LogP) is 2.03. The van der Waals surface area contributed by atoms with Crippen molar-refractivity contribution >= 4 is 25.6 Å². The average molecular weight is 320 g/mol. The number of carbonyl (C=O) groups excluding carboxylic acids is 1. The fourth-order valence-electron chi connectivity index (χ4n) is 1.78. The highest BCUT2D eigenvalue weighted by Gasteiger charge is 2.17. The number of halogens is 1. The van der Waals surface area contributed by atoms with Crippen LogP contribution in [0.2, 0.25) is 0 Å². The summed E-state index contributed by atoms with van der Waals surface area (Å²) in [6.07, 6.45) is 0.742. The Morgan fingerprint density at radius 1 is 1.40 bits per heavy atom. The van der Waals surface area contributed by atoms with Crippen LogP contribution in [0.5, 0.6) is 0 Å². The molecule has 0 N–H and O–H groups in total. The molecular formula is C13H18ClNO4S. The normalized spacial score (nSPS) is 11.4. The summed E-state index contributed by atoms with van der Waals surface area (Å²) in [4.78, 5) is 13.8. The molecule has 1 amide bonds. The van der Waals surface area contributed by atoms with Crippen LogP contribution in [0.15, 0.2) is 23.1 Å². The van der Waals surface area contributed by atoms with Gasteiger partial charge in [-0.25, -0.2) is 8.42 Å². The van der Waals surface area contributed by atoms with Crippen LogP contribution in [0, 0.1) is 6.92 Å². The van der Waals surface area contributed by atoms with Crippen LogP contribution in [-0.2, 0) is 13.8 Å². The largest absolute Gasteiger partial charge is 0.385 e. The molecule has 0 saturated heterocycles. The van der Waals surface area contributed by atoms with Gasteiger partial charge in [-0.15, -0.1) is 0 Å². The molecule has 0 radical (unpaired) electrons. The van der Waals surface area contributed by atoms with Crippen LogP contribution >= 0.6 is 10.7 Å². The van der Waals surface area contributed by atoms with Gasteiger partial charge in [-0.2, -0.15) is 0 Å². The minimum absolute atomic E-state index is 0.00440. The molecule has 0 atom stereocenters. The number of carbonyl (C=O) groups is 1. The maximum atomic E-state index is 12.2. The van der Waals surface area contributed by atoms with E-state index in [2.05, 4.69) is 0 Å². The summed E-state index contributed by atoms with van der Waals surface area (Å²) in [5, 5.41) is 0. The fourth-order valence-corrected chi connectivity index (χ4v) is 2.62. The van der Waals surface area contributed by atoms with Crippen LogP contribution in [-0.4, -0.2) is 46.5 Å². The number of hydrogen-bond donors (Lipinski definition) is 0. The molecule has 20 heavy (non-hydrogen) atoms. The lowest BCUT2D eigenvalue weighted by Crippen LogP contribution is -2.29. The van der Waals surface area contributed by atoms with E-state index in [9.17, 15) is 13.2 Å². The van der Waals surface area contributed by atoms with Gasteiger partial charge in [0.25, 0.3) is 15.0 Å². The molecule has 0 saturated carbocycles. The van der Waals surface area contributed by atoms with Gasteiger partial charge in [0.05, 0.1) is 4.90 Å². The van der Waals surface area contributed by atoms with Crippen LogP contribution in [0.4, 0.5) is 0 Å². The molecule has 0 aromatic heterocycles. The Bertz CT molecular complexity index is 586. The number of amides is 1. The SMILES string of the molecule is COCCCN(C)C(=O)c1ccc(S(=O)(=O)Cl)cc1C. The number of aryl methyl sites for hydroxylation is 1. The predicted molar refractivity (Wildman–Crippen MR) is 77.7 cm³/mol. The molecule has 0 aliphatic carbocycles. The second-order valence-corrected chi connectivity index (χ2v) is 7.05. The highest BCUT2D eigenvalue weighted by atomic mass is 35.7. The quantitative estimate of drug-likeness (QED) is 0.594. The molecule has 0 fully saturated rings. The molecule has 112 valence electrons. The van der Waals surface area contributed by atoms with Gasteiger partial charge < -0.3 is 9.64 Å². The fraction of sp³-hybridized carbons (Fsp3) is 0.462. The number of benzene rings is 1. The van der Waals surface area contributed by atoms with Crippen molar-refractivity contribution in [2.75, 3.05) is 27.3 Å². The van der Waals surface area contributed by atoms with E-state index >= 15 is 0 Å². The van der Waals surface area contributed by atoms with Gasteiger partial charge in [0.1, 0.15) is 0 Å². The Hall–Kier alpha value is -1.11. The molecule has 1 rings (SSSR count). The van der Waals surface area contributed by atoms with Gasteiger partial charge in [0, 0.05) is 43.6 Å². The van der Waals surface area contributed by atoms with Crippen molar-refractivity contribution in [2.45, 2.75) is 18.2 Å². The van der Waals surface area contributed by atoms with Crippen molar-refractivity contribution in [1.82, 2.24) is 4.90 Å². The summed E-state index contributed by atoms with van der Waals surface area (Å²) in [5.74, 6) is -0.155. The summed E-state index contributed by atoms with van der Waals surface area (Å²) in [6.45, 7) is 2.84. The van der Waals surface area contributed by atoms with Gasteiger partial charge in [-0.05, 0) is 37.1 Å². The molecule has 1 aromatic rings. The molecule has 0 aliphatic heterocycles. The molecule has 0 heterocycles. The second-order valence-electron chi connectivity index (χ2n) is 4.49. The van der Waals surface area contributed by atoms with Crippen molar-refractivity contribution in [1.29, 1.82) is 0 Å². The molecule has 0 bridgehead atoms. The second kappa shape index (κ2) is 7.06. The van der Waals surface area contributed by atoms with Gasteiger partial charge >= 0.3 is 0 Å². The Kier molecular flexibility index (Phi) is 5.98. The highest BCUT2D eigenvalue weighted by Crippen LogP contribution is 2.19. The lowest BCUT2D eigenvalue weighted by Gasteiger charge is -2.18. The first-order valence-electron chi connectivity index (χ1n) is 6.07. The summed E-state index contributed by atoms with van der Waals surface area (Å²) in [7, 11) is 4.80. The maximum Gasteiger partial charge on any atom is 0.261 e. The topological polar surface area (TPSA) is 63.7 Å². The Labute approximate surface area is 123 Å². The molecule has 0 unspecified atom stereocenters. The third kappa shape index (κ3) is 4.47. The highest BCUT2D eigenvalue weighted by molar-refractivity contribution is 8.13. The van der Waals surface area contributed by atoms with Crippen molar-refractivity contribution in [3.8, 4) is 0 Å². The average Bonchev–Trinajstić information content (AvgIpc) is 2.37. The Balaban J connectivity index is 2.89. The number of rotatable bonds is 6. The maximum absolute atomic E-state index is 12.2. The first kappa shape index (κ1) is 16.9. The molecule has 7 heteroatoms.